The van der Waals surface area contributed by atoms with Crippen molar-refractivity contribution in [1.82, 2.24) is 20.0 Å². The van der Waals surface area contributed by atoms with Gasteiger partial charge in [0.2, 0.25) is 0 Å². The predicted molar refractivity (Wildman–Crippen MR) is 146 cm³/mol. The number of carbonyl (C=O) groups is 2. The van der Waals surface area contributed by atoms with E-state index in [-0.39, 0.29) is 11.6 Å². The van der Waals surface area contributed by atoms with Gasteiger partial charge in [-0.2, -0.15) is 5.10 Å². The zero-order valence-corrected chi connectivity index (χ0v) is 22.5. The fourth-order valence-corrected chi connectivity index (χ4v) is 6.02. The van der Waals surface area contributed by atoms with Gasteiger partial charge in [0.25, 0.3) is 5.91 Å². The van der Waals surface area contributed by atoms with Crippen molar-refractivity contribution in [1.29, 1.82) is 0 Å². The van der Waals surface area contributed by atoms with Gasteiger partial charge in [0.15, 0.2) is 10.8 Å². The van der Waals surface area contributed by atoms with Gasteiger partial charge >= 0.3 is 5.97 Å². The monoisotopic (exact) mass is 544 g/mol. The normalized spacial score (nSPS) is 14.5. The van der Waals surface area contributed by atoms with Crippen molar-refractivity contribution in [3.63, 3.8) is 0 Å². The molecule has 2 aliphatic heterocycles. The second-order valence-corrected chi connectivity index (χ2v) is 10.5. The average Bonchev–Trinajstić information content (AvgIpc) is 3.56. The molecule has 9 nitrogen and oxygen atoms in total. The van der Waals surface area contributed by atoms with Crippen molar-refractivity contribution in [2.45, 2.75) is 25.9 Å². The number of nitrogens with one attached hydrogen (secondary N) is 1. The first-order chi connectivity index (χ1) is 19.0. The summed E-state index contributed by atoms with van der Waals surface area (Å²) in [6.07, 6.45) is 1.40. The first-order valence-electron chi connectivity index (χ1n) is 12.8. The lowest BCUT2D eigenvalue weighted by molar-refractivity contribution is 0.0716. The van der Waals surface area contributed by atoms with Crippen LogP contribution in [0.1, 0.15) is 42.5 Å². The zero-order valence-electron chi connectivity index (χ0n) is 21.7. The lowest BCUT2D eigenvalue weighted by atomic mass is 10.0. The largest absolute Gasteiger partial charge is 0.497 e. The highest BCUT2D eigenvalue weighted by Gasteiger charge is 2.35. The first-order valence-corrected chi connectivity index (χ1v) is 13.6. The molecule has 2 aromatic carbocycles. The lowest BCUT2D eigenvalue weighted by Gasteiger charge is -2.27. The molecule has 0 unspecified atom stereocenters. The number of nitrogens with zero attached hydrogens (tertiary/aromatic N) is 3. The molecule has 39 heavy (non-hydrogen) atoms. The molecule has 0 radical (unpaired) electrons. The Labute approximate surface area is 229 Å². The number of fused-ring (bicyclic) bond motifs is 2. The van der Waals surface area contributed by atoms with Crippen LogP contribution in [0.4, 0.5) is 0 Å². The molecule has 0 atom stereocenters. The van der Waals surface area contributed by atoms with Gasteiger partial charge in [-0.3, -0.25) is 4.79 Å². The summed E-state index contributed by atoms with van der Waals surface area (Å²) in [6.45, 7) is 2.58. The van der Waals surface area contributed by atoms with Crippen LogP contribution in [0.5, 0.6) is 16.6 Å². The molecule has 0 saturated heterocycles. The van der Waals surface area contributed by atoms with Crippen molar-refractivity contribution >= 4 is 23.2 Å². The Balaban J connectivity index is 1.33. The van der Waals surface area contributed by atoms with E-state index in [1.807, 2.05) is 42.5 Å². The number of amides is 1. The van der Waals surface area contributed by atoms with E-state index in [9.17, 15) is 9.59 Å². The Morgan fingerprint density at radius 3 is 2.44 bits per heavy atom. The maximum atomic E-state index is 13.8. The number of thiophene rings is 1. The number of ether oxygens (including phenoxy) is 3. The van der Waals surface area contributed by atoms with E-state index in [4.69, 9.17) is 14.2 Å². The van der Waals surface area contributed by atoms with Crippen LogP contribution in [-0.2, 0) is 25.9 Å². The first kappa shape index (κ1) is 25.1. The highest BCUT2D eigenvalue weighted by atomic mass is 32.1. The molecule has 1 amide bonds. The molecule has 200 valence electrons. The molecule has 10 heteroatoms. The number of aromatic nitrogens is 2. The van der Waals surface area contributed by atoms with Crippen LogP contribution in [0.2, 0.25) is 0 Å². The summed E-state index contributed by atoms with van der Waals surface area (Å²) >= 11 is 1.49. The van der Waals surface area contributed by atoms with Gasteiger partial charge in [0.1, 0.15) is 17.2 Å². The minimum atomic E-state index is -0.554. The number of hydrogen-bond acceptors (Lipinski definition) is 8. The molecule has 0 aliphatic carbocycles. The summed E-state index contributed by atoms with van der Waals surface area (Å²) in [4.78, 5) is 30.3. The van der Waals surface area contributed by atoms with Crippen LogP contribution in [-0.4, -0.2) is 53.9 Å². The maximum Gasteiger partial charge on any atom is 0.365 e. The van der Waals surface area contributed by atoms with Crippen LogP contribution in [0, 0.1) is 0 Å². The standard InChI is InChI=1S/C29H28N4O5S/c1-36-21-7-3-18(4-8-21)17-32-14-12-23-26(29(35)38-25-15-19-16-30-13-11-24(19)39-25)31-33(27(23)28(32)34)20-5-9-22(37-2)10-6-20/h3-10,15,30H,11-14,16-17H2,1-2H3. The van der Waals surface area contributed by atoms with Gasteiger partial charge in [-0.15, -0.1) is 11.3 Å². The second kappa shape index (κ2) is 10.5. The molecule has 0 saturated carbocycles. The molecule has 2 aliphatic rings. The Morgan fingerprint density at radius 1 is 1.03 bits per heavy atom. The van der Waals surface area contributed by atoms with Gasteiger partial charge in [-0.05, 0) is 66.4 Å². The number of methoxy groups -OCH3 is 2. The summed E-state index contributed by atoms with van der Waals surface area (Å²) in [7, 11) is 3.22. The summed E-state index contributed by atoms with van der Waals surface area (Å²) in [5.74, 6) is 0.700. The molecular weight excluding hydrogens is 516 g/mol. The van der Waals surface area contributed by atoms with E-state index in [1.165, 1.54) is 16.2 Å². The highest BCUT2D eigenvalue weighted by molar-refractivity contribution is 7.14. The fourth-order valence-electron chi connectivity index (χ4n) is 5.00. The molecule has 0 bridgehead atoms. The van der Waals surface area contributed by atoms with E-state index in [0.717, 1.165) is 36.4 Å². The summed E-state index contributed by atoms with van der Waals surface area (Å²) in [5, 5.41) is 8.52. The molecule has 0 spiro atoms. The van der Waals surface area contributed by atoms with E-state index >= 15 is 0 Å². The molecular formula is C29H28N4O5S. The quantitative estimate of drug-likeness (QED) is 0.351. The van der Waals surface area contributed by atoms with Gasteiger partial charge < -0.3 is 24.4 Å². The Kier molecular flexibility index (Phi) is 6.80. The maximum absolute atomic E-state index is 13.8. The van der Waals surface area contributed by atoms with Gasteiger partial charge in [-0.25, -0.2) is 9.48 Å². The molecule has 4 heterocycles. The fraction of sp³-hybridized carbons (Fsp3) is 0.276. The third-order valence-electron chi connectivity index (χ3n) is 7.06. The summed E-state index contributed by atoms with van der Waals surface area (Å²) in [6, 6.07) is 16.8. The number of esters is 1. The van der Waals surface area contributed by atoms with E-state index in [0.29, 0.717) is 47.3 Å². The van der Waals surface area contributed by atoms with Crippen molar-refractivity contribution in [2.24, 2.45) is 0 Å². The number of hydrogen-bond donors (Lipinski definition) is 1. The number of benzene rings is 2. The summed E-state index contributed by atoms with van der Waals surface area (Å²) < 4.78 is 17.9. The third-order valence-corrected chi connectivity index (χ3v) is 8.17. The van der Waals surface area contributed by atoms with Crippen molar-refractivity contribution in [3.8, 4) is 22.2 Å². The van der Waals surface area contributed by atoms with E-state index < -0.39 is 5.97 Å². The second-order valence-electron chi connectivity index (χ2n) is 9.44. The van der Waals surface area contributed by atoms with Crippen molar-refractivity contribution in [2.75, 3.05) is 27.3 Å². The van der Waals surface area contributed by atoms with Crippen LogP contribution >= 0.6 is 11.3 Å². The van der Waals surface area contributed by atoms with Gasteiger partial charge in [0.05, 0.1) is 19.9 Å². The Morgan fingerprint density at radius 2 is 1.74 bits per heavy atom. The van der Waals surface area contributed by atoms with Crippen LogP contribution < -0.4 is 19.5 Å². The lowest BCUT2D eigenvalue weighted by Crippen LogP contribution is -2.38. The smallest absolute Gasteiger partial charge is 0.365 e. The van der Waals surface area contributed by atoms with Gasteiger partial charge in [-0.1, -0.05) is 12.1 Å². The van der Waals surface area contributed by atoms with E-state index in [1.54, 1.807) is 35.9 Å². The number of carbonyl (C=O) groups excluding carboxylic acids is 2. The summed E-state index contributed by atoms with van der Waals surface area (Å²) in [5.41, 5.74) is 3.95. The van der Waals surface area contributed by atoms with Crippen LogP contribution in [0.3, 0.4) is 0 Å². The average molecular weight is 545 g/mol. The van der Waals surface area contributed by atoms with Crippen LogP contribution in [0.15, 0.2) is 54.6 Å². The molecule has 6 rings (SSSR count). The molecule has 1 N–H and O–H groups in total. The Bertz CT molecular complexity index is 1500. The molecule has 2 aromatic heterocycles. The SMILES string of the molecule is COc1ccc(CN2CCc3c(C(=O)Oc4cc5c(s4)CCNC5)nn(-c4ccc(OC)cc4)c3C2=O)cc1. The van der Waals surface area contributed by atoms with Crippen molar-refractivity contribution < 1.29 is 23.8 Å². The van der Waals surface area contributed by atoms with Crippen LogP contribution in [0.25, 0.3) is 5.69 Å². The number of rotatable bonds is 7. The molecule has 4 aromatic rings. The minimum absolute atomic E-state index is 0.169. The highest BCUT2D eigenvalue weighted by Crippen LogP contribution is 2.33. The van der Waals surface area contributed by atoms with Gasteiger partial charge in [0, 0.05) is 36.6 Å². The zero-order chi connectivity index (χ0) is 26.9. The third kappa shape index (κ3) is 4.88. The minimum Gasteiger partial charge on any atom is -0.497 e. The van der Waals surface area contributed by atoms with Crippen molar-refractivity contribution in [3.05, 3.63) is 87.6 Å². The molecule has 0 fully saturated rings. The van der Waals surface area contributed by atoms with E-state index in [2.05, 4.69) is 10.4 Å². The predicted octanol–water partition coefficient (Wildman–Crippen LogP) is 4.01. The Hall–Kier alpha value is -4.15. The topological polar surface area (TPSA) is 94.9 Å².